The van der Waals surface area contributed by atoms with Gasteiger partial charge in [-0.3, -0.25) is 4.79 Å². The summed E-state index contributed by atoms with van der Waals surface area (Å²) in [5.41, 5.74) is 0. The van der Waals surface area contributed by atoms with Crippen LogP contribution >= 0.6 is 0 Å². The van der Waals surface area contributed by atoms with Gasteiger partial charge in [-0.2, -0.15) is 0 Å². The molecule has 6 N–H and O–H groups in total. The SMILES string of the molecule is CCCCCCCCCCCCCCCCCC/C=C/CC/C=C/C(O)C(COC1OC(CO)C(O)C(O)C1O)NC(=O)CCCCCCCCCCCCCCCCCCCCCCCCCCCCC. The number of carbonyl (C=O) groups excluding carboxylic acids is 1. The van der Waals surface area contributed by atoms with Crippen LogP contribution in [0.1, 0.15) is 316 Å². The molecule has 426 valence electrons. The van der Waals surface area contributed by atoms with Gasteiger partial charge in [0, 0.05) is 6.42 Å². The van der Waals surface area contributed by atoms with Crippen molar-refractivity contribution in [2.75, 3.05) is 13.2 Å². The van der Waals surface area contributed by atoms with E-state index in [1.807, 2.05) is 6.08 Å². The molecule has 0 saturated carbocycles. The van der Waals surface area contributed by atoms with Gasteiger partial charge in [-0.25, -0.2) is 0 Å². The predicted octanol–water partition coefficient (Wildman–Crippen LogP) is 16.1. The lowest BCUT2D eigenvalue weighted by molar-refractivity contribution is -0.302. The Morgan fingerprint density at radius 2 is 0.792 bits per heavy atom. The van der Waals surface area contributed by atoms with Gasteiger partial charge in [0.15, 0.2) is 6.29 Å². The summed E-state index contributed by atoms with van der Waals surface area (Å²) in [4.78, 5) is 13.1. The second kappa shape index (κ2) is 53.1. The van der Waals surface area contributed by atoms with Gasteiger partial charge in [-0.05, 0) is 32.1 Å². The number of rotatable bonds is 55. The van der Waals surface area contributed by atoms with Crippen molar-refractivity contribution in [3.63, 3.8) is 0 Å². The Balaban J connectivity index is 2.18. The Hall–Kier alpha value is -1.33. The molecule has 1 amide bonds. The Labute approximate surface area is 445 Å². The van der Waals surface area contributed by atoms with Gasteiger partial charge >= 0.3 is 0 Å². The Morgan fingerprint density at radius 1 is 0.458 bits per heavy atom. The Morgan fingerprint density at radius 3 is 1.17 bits per heavy atom. The Bertz CT molecular complexity index is 1180. The van der Waals surface area contributed by atoms with Crippen molar-refractivity contribution < 1.29 is 39.8 Å². The number of hydrogen-bond donors (Lipinski definition) is 6. The van der Waals surface area contributed by atoms with E-state index in [0.29, 0.717) is 6.42 Å². The second-order valence-electron chi connectivity index (χ2n) is 22.2. The van der Waals surface area contributed by atoms with Crippen molar-refractivity contribution in [2.24, 2.45) is 0 Å². The highest BCUT2D eigenvalue weighted by Gasteiger charge is 2.44. The van der Waals surface area contributed by atoms with Crippen molar-refractivity contribution in [1.82, 2.24) is 5.32 Å². The number of ether oxygens (including phenoxy) is 2. The summed E-state index contributed by atoms with van der Waals surface area (Å²) < 4.78 is 11.3. The van der Waals surface area contributed by atoms with Gasteiger partial charge in [0.2, 0.25) is 5.91 Å². The molecule has 1 saturated heterocycles. The molecule has 1 aliphatic heterocycles. The van der Waals surface area contributed by atoms with E-state index in [4.69, 9.17) is 9.47 Å². The van der Waals surface area contributed by atoms with Crippen LogP contribution in [0.15, 0.2) is 24.3 Å². The van der Waals surface area contributed by atoms with Gasteiger partial charge in [-0.15, -0.1) is 0 Å². The fourth-order valence-electron chi connectivity index (χ4n) is 10.3. The maximum absolute atomic E-state index is 13.1. The molecule has 7 unspecified atom stereocenters. The molecule has 0 aliphatic carbocycles. The van der Waals surface area contributed by atoms with Gasteiger partial charge < -0.3 is 40.3 Å². The highest BCUT2D eigenvalue weighted by molar-refractivity contribution is 5.76. The van der Waals surface area contributed by atoms with Crippen LogP contribution in [0.25, 0.3) is 0 Å². The van der Waals surface area contributed by atoms with E-state index in [1.165, 1.54) is 257 Å². The largest absolute Gasteiger partial charge is 0.394 e. The van der Waals surface area contributed by atoms with Crippen LogP contribution in [-0.4, -0.2) is 87.5 Å². The van der Waals surface area contributed by atoms with E-state index in [-0.39, 0.29) is 12.5 Å². The van der Waals surface area contributed by atoms with Gasteiger partial charge in [0.1, 0.15) is 24.4 Å². The van der Waals surface area contributed by atoms with Crippen LogP contribution in [-0.2, 0) is 14.3 Å². The van der Waals surface area contributed by atoms with Gasteiger partial charge in [0.05, 0.1) is 25.4 Å². The monoisotopic (exact) mass is 1020 g/mol. The minimum absolute atomic E-state index is 0.179. The third kappa shape index (κ3) is 41.9. The molecule has 1 rings (SSSR count). The predicted molar refractivity (Wildman–Crippen MR) is 304 cm³/mol. The average Bonchev–Trinajstić information content (AvgIpc) is 3.38. The van der Waals surface area contributed by atoms with E-state index >= 15 is 0 Å². The normalized spacial score (nSPS) is 19.2. The standard InChI is InChI=1S/C63H121NO8/c1-3-5-7-9-11-13-15-17-19-21-23-25-27-28-29-30-31-33-35-37-39-41-43-45-47-49-51-53-59(67)64-56(55-71-63-62(70)61(69)60(68)58(54-65)72-63)57(66)52-50-48-46-44-42-40-38-36-34-32-26-24-22-20-18-16-14-12-10-8-6-4-2/h42,44,50,52,56-58,60-63,65-66,68-70H,3-41,43,45-49,51,53-55H2,1-2H3,(H,64,67)/b44-42+,52-50+. The van der Waals surface area contributed by atoms with E-state index in [9.17, 15) is 30.3 Å². The third-order valence-corrected chi connectivity index (χ3v) is 15.3. The number of aliphatic hydroxyl groups excluding tert-OH is 5. The lowest BCUT2D eigenvalue weighted by atomic mass is 9.99. The molecule has 1 heterocycles. The molecule has 72 heavy (non-hydrogen) atoms. The summed E-state index contributed by atoms with van der Waals surface area (Å²) >= 11 is 0. The molecule has 0 spiro atoms. The van der Waals surface area contributed by atoms with Crippen LogP contribution in [0.4, 0.5) is 0 Å². The quantitative estimate of drug-likeness (QED) is 0.0261. The van der Waals surface area contributed by atoms with Crippen LogP contribution in [0.3, 0.4) is 0 Å². The first-order valence-corrected chi connectivity index (χ1v) is 31.6. The van der Waals surface area contributed by atoms with Crippen LogP contribution < -0.4 is 5.32 Å². The number of nitrogens with one attached hydrogen (secondary N) is 1. The minimum atomic E-state index is -1.57. The molecule has 0 bridgehead atoms. The molecule has 0 radical (unpaired) electrons. The maximum Gasteiger partial charge on any atom is 0.220 e. The molecule has 9 nitrogen and oxygen atoms in total. The second-order valence-corrected chi connectivity index (χ2v) is 22.2. The summed E-state index contributed by atoms with van der Waals surface area (Å²) in [6.07, 6.45) is 61.2. The average molecular weight is 1020 g/mol. The van der Waals surface area contributed by atoms with E-state index in [2.05, 4.69) is 31.3 Å². The third-order valence-electron chi connectivity index (χ3n) is 15.3. The highest BCUT2D eigenvalue weighted by atomic mass is 16.7. The number of carbonyl (C=O) groups is 1. The molecular weight excluding hydrogens is 899 g/mol. The minimum Gasteiger partial charge on any atom is -0.394 e. The fourth-order valence-corrected chi connectivity index (χ4v) is 10.3. The number of allylic oxidation sites excluding steroid dienone is 3. The molecule has 0 aromatic carbocycles. The summed E-state index contributed by atoms with van der Waals surface area (Å²) in [5.74, 6) is -0.179. The molecular formula is C63H121NO8. The maximum atomic E-state index is 13.1. The zero-order valence-corrected chi connectivity index (χ0v) is 47.5. The van der Waals surface area contributed by atoms with E-state index < -0.39 is 49.5 Å². The summed E-state index contributed by atoms with van der Waals surface area (Å²) in [6.45, 7) is 3.81. The first-order valence-electron chi connectivity index (χ1n) is 31.6. The van der Waals surface area contributed by atoms with Crippen LogP contribution in [0.5, 0.6) is 0 Å². The molecule has 7 atom stereocenters. The molecule has 9 heteroatoms. The first-order chi connectivity index (χ1) is 35.3. The summed E-state index contributed by atoms with van der Waals surface area (Å²) in [6, 6.07) is -0.819. The molecule has 0 aromatic rings. The van der Waals surface area contributed by atoms with Crippen molar-refractivity contribution in [2.45, 2.75) is 358 Å². The number of aliphatic hydroxyl groups is 5. The van der Waals surface area contributed by atoms with E-state index in [0.717, 1.165) is 38.5 Å². The van der Waals surface area contributed by atoms with Crippen LogP contribution in [0, 0.1) is 0 Å². The van der Waals surface area contributed by atoms with Crippen molar-refractivity contribution in [3.8, 4) is 0 Å². The zero-order chi connectivity index (χ0) is 52.2. The lowest BCUT2D eigenvalue weighted by Crippen LogP contribution is -2.60. The summed E-state index contributed by atoms with van der Waals surface area (Å²) in [7, 11) is 0. The number of unbranched alkanes of at least 4 members (excludes halogenated alkanes) is 43. The number of hydrogen-bond acceptors (Lipinski definition) is 8. The Kier molecular flexibility index (Phi) is 50.6. The molecule has 0 aromatic heterocycles. The van der Waals surface area contributed by atoms with Gasteiger partial charge in [0.25, 0.3) is 0 Å². The van der Waals surface area contributed by atoms with Gasteiger partial charge in [-0.1, -0.05) is 301 Å². The smallest absolute Gasteiger partial charge is 0.220 e. The fraction of sp³-hybridized carbons (Fsp3) is 0.921. The number of amides is 1. The van der Waals surface area contributed by atoms with E-state index in [1.54, 1.807) is 6.08 Å². The van der Waals surface area contributed by atoms with Crippen LogP contribution in [0.2, 0.25) is 0 Å². The lowest BCUT2D eigenvalue weighted by Gasteiger charge is -2.40. The summed E-state index contributed by atoms with van der Waals surface area (Å²) in [5, 5.41) is 54.6. The molecule has 1 fully saturated rings. The van der Waals surface area contributed by atoms with Crippen molar-refractivity contribution >= 4 is 5.91 Å². The van der Waals surface area contributed by atoms with Crippen molar-refractivity contribution in [1.29, 1.82) is 0 Å². The topological polar surface area (TPSA) is 149 Å². The zero-order valence-electron chi connectivity index (χ0n) is 47.5. The highest BCUT2D eigenvalue weighted by Crippen LogP contribution is 2.23. The first kappa shape index (κ1) is 68.7. The molecule has 1 aliphatic rings. The van der Waals surface area contributed by atoms with Crippen molar-refractivity contribution in [3.05, 3.63) is 24.3 Å².